The third-order valence-corrected chi connectivity index (χ3v) is 2.79. The van der Waals surface area contributed by atoms with Crippen molar-refractivity contribution in [1.29, 1.82) is 0 Å². The number of halogens is 1. The standard InChI is InChI=1S/C14H18BrNO2/c1-14(2,3)16-13(18)9-8-12(17)10-4-6-11(15)7-5-10/h4-7H,8-9H2,1-3H3,(H,16,18). The van der Waals surface area contributed by atoms with Gasteiger partial charge in [-0.3, -0.25) is 9.59 Å². The number of Topliss-reactive ketones (excluding diaryl/α,β-unsaturated/α-hetero) is 1. The first-order valence-electron chi connectivity index (χ1n) is 5.88. The number of benzene rings is 1. The summed E-state index contributed by atoms with van der Waals surface area (Å²) in [7, 11) is 0. The maximum absolute atomic E-state index is 11.8. The van der Waals surface area contributed by atoms with Crippen LogP contribution >= 0.6 is 15.9 Å². The molecule has 0 aromatic heterocycles. The van der Waals surface area contributed by atoms with E-state index < -0.39 is 0 Å². The Balaban J connectivity index is 2.47. The van der Waals surface area contributed by atoms with Crippen molar-refractivity contribution in [2.75, 3.05) is 0 Å². The van der Waals surface area contributed by atoms with Crippen LogP contribution in [0, 0.1) is 0 Å². The zero-order valence-corrected chi connectivity index (χ0v) is 12.5. The maximum atomic E-state index is 11.8. The van der Waals surface area contributed by atoms with E-state index in [1.165, 1.54) is 0 Å². The molecule has 0 atom stereocenters. The number of amides is 1. The normalized spacial score (nSPS) is 11.1. The van der Waals surface area contributed by atoms with Crippen molar-refractivity contribution >= 4 is 27.6 Å². The second-order valence-corrected chi connectivity index (χ2v) is 6.14. The predicted octanol–water partition coefficient (Wildman–Crippen LogP) is 3.33. The van der Waals surface area contributed by atoms with Crippen LogP contribution in [0.3, 0.4) is 0 Å². The van der Waals surface area contributed by atoms with Crippen LogP contribution in [-0.4, -0.2) is 17.2 Å². The number of hydrogen-bond donors (Lipinski definition) is 1. The SMILES string of the molecule is CC(C)(C)NC(=O)CCC(=O)c1ccc(Br)cc1. The van der Waals surface area contributed by atoms with Gasteiger partial charge in [0.25, 0.3) is 0 Å². The molecule has 18 heavy (non-hydrogen) atoms. The molecule has 0 spiro atoms. The largest absolute Gasteiger partial charge is 0.351 e. The fourth-order valence-electron chi connectivity index (χ4n) is 1.49. The summed E-state index contributed by atoms with van der Waals surface area (Å²) in [6.07, 6.45) is 0.468. The number of ketones is 1. The van der Waals surface area contributed by atoms with Gasteiger partial charge in [-0.15, -0.1) is 0 Å². The summed E-state index contributed by atoms with van der Waals surface area (Å²) < 4.78 is 0.935. The summed E-state index contributed by atoms with van der Waals surface area (Å²) in [5, 5.41) is 2.84. The molecule has 0 aliphatic rings. The molecule has 0 radical (unpaired) electrons. The van der Waals surface area contributed by atoms with Gasteiger partial charge in [0.05, 0.1) is 0 Å². The highest BCUT2D eigenvalue weighted by Crippen LogP contribution is 2.12. The Morgan fingerprint density at radius 1 is 1.11 bits per heavy atom. The lowest BCUT2D eigenvalue weighted by Gasteiger charge is -2.20. The Hall–Kier alpha value is -1.16. The molecule has 0 saturated carbocycles. The highest BCUT2D eigenvalue weighted by molar-refractivity contribution is 9.10. The summed E-state index contributed by atoms with van der Waals surface area (Å²) in [5.41, 5.74) is 0.388. The van der Waals surface area contributed by atoms with Crippen molar-refractivity contribution in [2.24, 2.45) is 0 Å². The summed E-state index contributed by atoms with van der Waals surface area (Å²) >= 11 is 3.31. The van der Waals surface area contributed by atoms with E-state index in [4.69, 9.17) is 0 Å². The van der Waals surface area contributed by atoms with Crippen LogP contribution in [0.4, 0.5) is 0 Å². The molecule has 0 fully saturated rings. The lowest BCUT2D eigenvalue weighted by atomic mass is 10.1. The Kier molecular flexibility index (Phi) is 5.08. The second kappa shape index (κ2) is 6.14. The van der Waals surface area contributed by atoms with Gasteiger partial charge in [0, 0.05) is 28.4 Å². The maximum Gasteiger partial charge on any atom is 0.220 e. The lowest BCUT2D eigenvalue weighted by Crippen LogP contribution is -2.40. The molecule has 1 rings (SSSR count). The first-order chi connectivity index (χ1) is 8.28. The fourth-order valence-corrected chi connectivity index (χ4v) is 1.75. The van der Waals surface area contributed by atoms with Crippen molar-refractivity contribution in [1.82, 2.24) is 5.32 Å². The quantitative estimate of drug-likeness (QED) is 0.867. The minimum atomic E-state index is -0.252. The van der Waals surface area contributed by atoms with E-state index in [1.54, 1.807) is 12.1 Å². The molecular formula is C14H18BrNO2. The van der Waals surface area contributed by atoms with Crippen LogP contribution in [0.2, 0.25) is 0 Å². The third-order valence-electron chi connectivity index (χ3n) is 2.26. The van der Waals surface area contributed by atoms with Gasteiger partial charge in [0.2, 0.25) is 5.91 Å². The minimum absolute atomic E-state index is 0.00782. The molecule has 1 aromatic carbocycles. The first kappa shape index (κ1) is 14.9. The summed E-state index contributed by atoms with van der Waals surface area (Å²) in [6, 6.07) is 7.16. The van der Waals surface area contributed by atoms with Gasteiger partial charge in [-0.1, -0.05) is 28.1 Å². The van der Waals surface area contributed by atoms with E-state index in [0.29, 0.717) is 5.56 Å². The van der Waals surface area contributed by atoms with Crippen molar-refractivity contribution in [3.63, 3.8) is 0 Å². The highest BCUT2D eigenvalue weighted by atomic mass is 79.9. The zero-order valence-electron chi connectivity index (χ0n) is 10.9. The molecule has 1 aromatic rings. The molecule has 0 bridgehead atoms. The Morgan fingerprint density at radius 2 is 1.67 bits per heavy atom. The molecule has 0 aliphatic heterocycles. The predicted molar refractivity (Wildman–Crippen MR) is 75.6 cm³/mol. The van der Waals surface area contributed by atoms with Crippen LogP contribution < -0.4 is 5.32 Å². The van der Waals surface area contributed by atoms with Crippen LogP contribution in [0.25, 0.3) is 0 Å². The average molecular weight is 312 g/mol. The molecule has 0 heterocycles. The lowest BCUT2D eigenvalue weighted by molar-refractivity contribution is -0.122. The molecule has 0 unspecified atom stereocenters. The van der Waals surface area contributed by atoms with E-state index in [9.17, 15) is 9.59 Å². The zero-order chi connectivity index (χ0) is 13.8. The van der Waals surface area contributed by atoms with Crippen LogP contribution in [0.15, 0.2) is 28.7 Å². The Bertz CT molecular complexity index is 432. The molecule has 98 valence electrons. The second-order valence-electron chi connectivity index (χ2n) is 5.23. The number of rotatable bonds is 4. The van der Waals surface area contributed by atoms with Gasteiger partial charge >= 0.3 is 0 Å². The van der Waals surface area contributed by atoms with Gasteiger partial charge in [0.15, 0.2) is 5.78 Å². The van der Waals surface area contributed by atoms with Gasteiger partial charge in [-0.2, -0.15) is 0 Å². The molecule has 0 aliphatic carbocycles. The average Bonchev–Trinajstić information content (AvgIpc) is 2.24. The van der Waals surface area contributed by atoms with E-state index in [2.05, 4.69) is 21.2 Å². The summed E-state index contributed by atoms with van der Waals surface area (Å²) in [5.74, 6) is -0.0977. The third kappa shape index (κ3) is 5.45. The van der Waals surface area contributed by atoms with Gasteiger partial charge in [-0.05, 0) is 32.9 Å². The fraction of sp³-hybridized carbons (Fsp3) is 0.429. The van der Waals surface area contributed by atoms with Crippen molar-refractivity contribution < 1.29 is 9.59 Å². The number of nitrogens with one attached hydrogen (secondary N) is 1. The topological polar surface area (TPSA) is 46.2 Å². The van der Waals surface area contributed by atoms with E-state index in [-0.39, 0.29) is 30.1 Å². The molecule has 3 nitrogen and oxygen atoms in total. The molecule has 1 amide bonds. The van der Waals surface area contributed by atoms with Crippen molar-refractivity contribution in [3.8, 4) is 0 Å². The highest BCUT2D eigenvalue weighted by Gasteiger charge is 2.15. The van der Waals surface area contributed by atoms with Gasteiger partial charge < -0.3 is 5.32 Å². The Labute approximate surface area is 116 Å². The van der Waals surface area contributed by atoms with Crippen molar-refractivity contribution in [3.05, 3.63) is 34.3 Å². The van der Waals surface area contributed by atoms with Crippen LogP contribution in [-0.2, 0) is 4.79 Å². The first-order valence-corrected chi connectivity index (χ1v) is 6.67. The number of hydrogen-bond acceptors (Lipinski definition) is 2. The smallest absolute Gasteiger partial charge is 0.220 e. The monoisotopic (exact) mass is 311 g/mol. The van der Waals surface area contributed by atoms with E-state index in [0.717, 1.165) is 4.47 Å². The summed E-state index contributed by atoms with van der Waals surface area (Å²) in [6.45, 7) is 5.75. The molecular weight excluding hydrogens is 294 g/mol. The molecule has 1 N–H and O–H groups in total. The van der Waals surface area contributed by atoms with E-state index >= 15 is 0 Å². The molecule has 0 saturated heterocycles. The van der Waals surface area contributed by atoms with Crippen LogP contribution in [0.5, 0.6) is 0 Å². The number of carbonyl (C=O) groups is 2. The van der Waals surface area contributed by atoms with E-state index in [1.807, 2.05) is 32.9 Å². The van der Waals surface area contributed by atoms with Crippen molar-refractivity contribution in [2.45, 2.75) is 39.2 Å². The molecule has 4 heteroatoms. The van der Waals surface area contributed by atoms with Crippen LogP contribution in [0.1, 0.15) is 44.0 Å². The van der Waals surface area contributed by atoms with Gasteiger partial charge in [-0.25, -0.2) is 0 Å². The van der Waals surface area contributed by atoms with Gasteiger partial charge in [0.1, 0.15) is 0 Å². The number of carbonyl (C=O) groups excluding carboxylic acids is 2. The minimum Gasteiger partial charge on any atom is -0.351 e. The summed E-state index contributed by atoms with van der Waals surface area (Å²) in [4.78, 5) is 23.4. The Morgan fingerprint density at radius 3 is 2.17 bits per heavy atom.